The van der Waals surface area contributed by atoms with Crippen LogP contribution in [0.2, 0.25) is 0 Å². The van der Waals surface area contributed by atoms with Crippen molar-refractivity contribution in [1.29, 1.82) is 0 Å². The molecule has 3 N–H and O–H groups in total. The maximum absolute atomic E-state index is 12.1. The number of carbonyl (C=O) groups excluding carboxylic acids is 2. The van der Waals surface area contributed by atoms with Crippen LogP contribution in [-0.2, 0) is 4.79 Å². The highest BCUT2D eigenvalue weighted by Crippen LogP contribution is 2.35. The van der Waals surface area contributed by atoms with Crippen LogP contribution in [0.1, 0.15) is 10.4 Å². The van der Waals surface area contributed by atoms with Crippen molar-refractivity contribution in [3.63, 3.8) is 0 Å². The third-order valence-corrected chi connectivity index (χ3v) is 4.52. The second-order valence-corrected chi connectivity index (χ2v) is 6.29. The van der Waals surface area contributed by atoms with E-state index < -0.39 is 5.91 Å². The molecule has 0 saturated heterocycles. The molecule has 126 valence electrons. The number of hydrogen-bond acceptors (Lipinski definition) is 4. The number of nitrogens with two attached hydrogens (primary N) is 1. The van der Waals surface area contributed by atoms with Crippen molar-refractivity contribution in [2.75, 3.05) is 11.9 Å². The number of nitrogens with one attached hydrogen (secondary N) is 1. The topological polar surface area (TPSA) is 81.4 Å². The highest BCUT2D eigenvalue weighted by molar-refractivity contribution is 7.20. The van der Waals surface area contributed by atoms with Gasteiger partial charge in [-0.2, -0.15) is 0 Å². The Balaban J connectivity index is 1.73. The van der Waals surface area contributed by atoms with Crippen LogP contribution in [0.15, 0.2) is 66.7 Å². The fourth-order valence-corrected chi connectivity index (χ4v) is 3.32. The molecule has 0 atom stereocenters. The van der Waals surface area contributed by atoms with E-state index in [4.69, 9.17) is 10.5 Å². The first-order valence-corrected chi connectivity index (χ1v) is 8.42. The Morgan fingerprint density at radius 1 is 1.00 bits per heavy atom. The Morgan fingerprint density at radius 2 is 1.64 bits per heavy atom. The Labute approximate surface area is 149 Å². The summed E-state index contributed by atoms with van der Waals surface area (Å²) in [5.74, 6) is -0.338. The normalized spacial score (nSPS) is 10.2. The Bertz CT molecular complexity index is 876. The van der Waals surface area contributed by atoms with E-state index in [0.29, 0.717) is 10.8 Å². The fraction of sp³-hybridized carbons (Fsp3) is 0.0526. The largest absolute Gasteiger partial charge is 0.484 e. The van der Waals surface area contributed by atoms with E-state index in [9.17, 15) is 9.59 Å². The lowest BCUT2D eigenvalue weighted by atomic mass is 10.1. The average molecular weight is 352 g/mol. The number of carbonyl (C=O) groups is 2. The Hall–Kier alpha value is -3.12. The maximum atomic E-state index is 12.1. The summed E-state index contributed by atoms with van der Waals surface area (Å²) in [7, 11) is 0. The molecule has 0 fully saturated rings. The standard InChI is InChI=1S/C19H16N2O3S/c20-18(23)15-11-16(13-7-3-1-4-8-13)25-19(15)21-17(22)12-24-14-9-5-2-6-10-14/h1-11H,12H2,(H2,20,23)(H,21,22). The fourth-order valence-electron chi connectivity index (χ4n) is 2.24. The van der Waals surface area contributed by atoms with E-state index in [0.717, 1.165) is 10.4 Å². The van der Waals surface area contributed by atoms with Crippen molar-refractivity contribution in [3.8, 4) is 16.2 Å². The lowest BCUT2D eigenvalue weighted by molar-refractivity contribution is -0.118. The quantitative estimate of drug-likeness (QED) is 0.712. The molecule has 6 heteroatoms. The zero-order valence-electron chi connectivity index (χ0n) is 13.3. The van der Waals surface area contributed by atoms with E-state index in [1.165, 1.54) is 11.3 Å². The summed E-state index contributed by atoms with van der Waals surface area (Å²) in [6.07, 6.45) is 0. The van der Waals surface area contributed by atoms with E-state index in [-0.39, 0.29) is 18.1 Å². The predicted octanol–water partition coefficient (Wildman–Crippen LogP) is 3.53. The molecule has 5 nitrogen and oxygen atoms in total. The van der Waals surface area contributed by atoms with Crippen LogP contribution in [0.4, 0.5) is 5.00 Å². The summed E-state index contributed by atoms with van der Waals surface area (Å²) < 4.78 is 5.41. The summed E-state index contributed by atoms with van der Waals surface area (Å²) in [6, 6.07) is 20.3. The highest BCUT2D eigenvalue weighted by atomic mass is 32.1. The van der Waals surface area contributed by atoms with Crippen molar-refractivity contribution < 1.29 is 14.3 Å². The van der Waals surface area contributed by atoms with Gasteiger partial charge in [0, 0.05) is 4.88 Å². The van der Waals surface area contributed by atoms with Gasteiger partial charge in [-0.25, -0.2) is 0 Å². The molecular formula is C19H16N2O3S. The molecule has 1 heterocycles. The van der Waals surface area contributed by atoms with Crippen molar-refractivity contribution in [1.82, 2.24) is 0 Å². The molecule has 2 aromatic carbocycles. The summed E-state index contributed by atoms with van der Waals surface area (Å²) in [5.41, 5.74) is 6.68. The molecule has 0 bridgehead atoms. The minimum Gasteiger partial charge on any atom is -0.484 e. The molecular weight excluding hydrogens is 336 g/mol. The van der Waals surface area contributed by atoms with Gasteiger partial charge < -0.3 is 15.8 Å². The molecule has 25 heavy (non-hydrogen) atoms. The van der Waals surface area contributed by atoms with Gasteiger partial charge in [-0.3, -0.25) is 9.59 Å². The van der Waals surface area contributed by atoms with Gasteiger partial charge in [0.05, 0.1) is 5.56 Å². The zero-order chi connectivity index (χ0) is 17.6. The first kappa shape index (κ1) is 16.7. The van der Waals surface area contributed by atoms with Crippen LogP contribution in [0.3, 0.4) is 0 Å². The number of thiophene rings is 1. The van der Waals surface area contributed by atoms with Gasteiger partial charge in [-0.1, -0.05) is 48.5 Å². The van der Waals surface area contributed by atoms with E-state index >= 15 is 0 Å². The zero-order valence-corrected chi connectivity index (χ0v) is 14.1. The summed E-state index contributed by atoms with van der Waals surface area (Å²) in [6.45, 7) is -0.152. The number of para-hydroxylation sites is 1. The summed E-state index contributed by atoms with van der Waals surface area (Å²) in [5, 5.41) is 3.13. The Morgan fingerprint density at radius 3 is 2.28 bits per heavy atom. The van der Waals surface area contributed by atoms with Crippen molar-refractivity contribution >= 4 is 28.2 Å². The summed E-state index contributed by atoms with van der Waals surface area (Å²) in [4.78, 5) is 24.7. The van der Waals surface area contributed by atoms with Crippen LogP contribution < -0.4 is 15.8 Å². The lowest BCUT2D eigenvalue weighted by Gasteiger charge is -2.06. The third-order valence-electron chi connectivity index (χ3n) is 3.42. The molecule has 0 aliphatic heterocycles. The Kier molecular flexibility index (Phi) is 5.11. The van der Waals surface area contributed by atoms with E-state index in [1.54, 1.807) is 18.2 Å². The SMILES string of the molecule is NC(=O)c1cc(-c2ccccc2)sc1NC(=O)COc1ccccc1. The molecule has 0 unspecified atom stereocenters. The predicted molar refractivity (Wildman–Crippen MR) is 98.8 cm³/mol. The van der Waals surface area contributed by atoms with E-state index in [2.05, 4.69) is 5.32 Å². The molecule has 2 amide bonds. The van der Waals surface area contributed by atoms with Crippen LogP contribution in [0.25, 0.3) is 10.4 Å². The smallest absolute Gasteiger partial charge is 0.262 e. The van der Waals surface area contributed by atoms with Gasteiger partial charge in [-0.15, -0.1) is 11.3 Å². The summed E-state index contributed by atoms with van der Waals surface area (Å²) >= 11 is 1.30. The van der Waals surface area contributed by atoms with Crippen LogP contribution in [-0.4, -0.2) is 18.4 Å². The third kappa shape index (κ3) is 4.24. The van der Waals surface area contributed by atoms with Gasteiger partial charge in [0.2, 0.25) is 0 Å². The minimum atomic E-state index is -0.585. The number of rotatable bonds is 6. The molecule has 3 aromatic rings. The number of ether oxygens (including phenoxy) is 1. The molecule has 0 radical (unpaired) electrons. The maximum Gasteiger partial charge on any atom is 0.262 e. The van der Waals surface area contributed by atoms with E-state index in [1.807, 2.05) is 48.5 Å². The highest BCUT2D eigenvalue weighted by Gasteiger charge is 2.17. The molecule has 0 saturated carbocycles. The van der Waals surface area contributed by atoms with Crippen molar-refractivity contribution in [2.24, 2.45) is 5.73 Å². The van der Waals surface area contributed by atoms with Crippen molar-refractivity contribution in [3.05, 3.63) is 72.3 Å². The molecule has 0 aliphatic carbocycles. The van der Waals surface area contributed by atoms with Gasteiger partial charge in [0.1, 0.15) is 10.8 Å². The minimum absolute atomic E-state index is 0.152. The molecule has 3 rings (SSSR count). The second kappa shape index (κ2) is 7.63. The van der Waals surface area contributed by atoms with Gasteiger partial charge in [-0.05, 0) is 23.8 Å². The van der Waals surface area contributed by atoms with Gasteiger partial charge in [0.15, 0.2) is 6.61 Å². The monoisotopic (exact) mass is 352 g/mol. The number of amides is 2. The molecule has 1 aromatic heterocycles. The van der Waals surface area contributed by atoms with Crippen LogP contribution >= 0.6 is 11.3 Å². The average Bonchev–Trinajstić information content (AvgIpc) is 3.06. The number of hydrogen-bond donors (Lipinski definition) is 2. The van der Waals surface area contributed by atoms with Gasteiger partial charge >= 0.3 is 0 Å². The molecule has 0 aliphatic rings. The lowest BCUT2D eigenvalue weighted by Crippen LogP contribution is -2.21. The number of benzene rings is 2. The van der Waals surface area contributed by atoms with Gasteiger partial charge in [0.25, 0.3) is 11.8 Å². The van der Waals surface area contributed by atoms with Crippen LogP contribution in [0.5, 0.6) is 5.75 Å². The first-order chi connectivity index (χ1) is 12.1. The molecule has 0 spiro atoms. The van der Waals surface area contributed by atoms with Crippen LogP contribution in [0, 0.1) is 0 Å². The first-order valence-electron chi connectivity index (χ1n) is 7.60. The second-order valence-electron chi connectivity index (χ2n) is 5.23. The number of primary amides is 1. The number of anilines is 1. The van der Waals surface area contributed by atoms with Crippen molar-refractivity contribution in [2.45, 2.75) is 0 Å².